The van der Waals surface area contributed by atoms with Crippen LogP contribution in [-0.4, -0.2) is 45.9 Å². The predicted molar refractivity (Wildman–Crippen MR) is 132 cm³/mol. The summed E-state index contributed by atoms with van der Waals surface area (Å²) < 4.78 is 35.7. The molecular weight excluding hydrogens is 496 g/mol. The van der Waals surface area contributed by atoms with Crippen LogP contribution in [0.2, 0.25) is 5.02 Å². The number of halogens is 1. The van der Waals surface area contributed by atoms with Crippen molar-refractivity contribution < 1.29 is 27.2 Å². The fourth-order valence-electron chi connectivity index (χ4n) is 2.80. The van der Waals surface area contributed by atoms with Crippen molar-refractivity contribution in [3.8, 4) is 5.75 Å². The molecule has 0 fully saturated rings. The van der Waals surface area contributed by atoms with E-state index in [1.807, 2.05) is 0 Å². The number of rotatable bonds is 11. The molecule has 0 radical (unpaired) electrons. The average Bonchev–Trinajstić information content (AvgIpc) is 3.34. The Labute approximate surface area is 207 Å². The van der Waals surface area contributed by atoms with Crippen molar-refractivity contribution in [3.63, 3.8) is 0 Å². The Morgan fingerprint density at radius 3 is 2.43 bits per heavy atom. The number of nitrogens with zero attached hydrogens (tertiary/aromatic N) is 2. The van der Waals surface area contributed by atoms with Crippen LogP contribution in [0.5, 0.6) is 5.75 Å². The maximum absolute atomic E-state index is 12.2. The lowest BCUT2D eigenvalue weighted by molar-refractivity contribution is -0.123. The predicted octanol–water partition coefficient (Wildman–Crippen LogP) is 2.54. The van der Waals surface area contributed by atoms with Crippen LogP contribution in [0.25, 0.3) is 0 Å². The van der Waals surface area contributed by atoms with Gasteiger partial charge in [-0.2, -0.15) is 5.10 Å². The Kier molecular flexibility index (Phi) is 8.87. The van der Waals surface area contributed by atoms with Gasteiger partial charge in [0.2, 0.25) is 10.0 Å². The van der Waals surface area contributed by atoms with Gasteiger partial charge in [-0.05, 0) is 66.2 Å². The summed E-state index contributed by atoms with van der Waals surface area (Å²) in [5, 5.41) is 6.98. The molecule has 35 heavy (non-hydrogen) atoms. The molecule has 0 saturated carbocycles. The summed E-state index contributed by atoms with van der Waals surface area (Å²) in [6.45, 7) is -0.334. The SMILES string of the molecule is CS(=O)(=O)N(CC(=O)N/N=C\c1ccc(OCC(=O)NCc2ccco2)cc1)c1ccc(Cl)cc1. The molecule has 184 valence electrons. The van der Waals surface area contributed by atoms with E-state index in [4.69, 9.17) is 20.8 Å². The van der Waals surface area contributed by atoms with Gasteiger partial charge in [-0.15, -0.1) is 0 Å². The molecule has 2 N–H and O–H groups in total. The molecule has 0 saturated heterocycles. The van der Waals surface area contributed by atoms with Gasteiger partial charge >= 0.3 is 0 Å². The second-order valence-electron chi connectivity index (χ2n) is 7.25. The summed E-state index contributed by atoms with van der Waals surface area (Å²) in [4.78, 5) is 24.1. The molecule has 2 aromatic carbocycles. The van der Waals surface area contributed by atoms with Gasteiger partial charge in [-0.1, -0.05) is 11.6 Å². The maximum atomic E-state index is 12.2. The monoisotopic (exact) mass is 518 g/mol. The van der Waals surface area contributed by atoms with E-state index in [1.165, 1.54) is 36.7 Å². The molecule has 0 aliphatic rings. The number of nitrogens with one attached hydrogen (secondary N) is 2. The molecule has 2 amide bonds. The third-order valence-electron chi connectivity index (χ3n) is 4.49. The van der Waals surface area contributed by atoms with Gasteiger partial charge in [0.05, 0.1) is 31.0 Å². The van der Waals surface area contributed by atoms with Crippen LogP contribution < -0.4 is 19.8 Å². The average molecular weight is 519 g/mol. The first-order chi connectivity index (χ1) is 16.7. The van der Waals surface area contributed by atoms with E-state index in [1.54, 1.807) is 36.4 Å². The van der Waals surface area contributed by atoms with Crippen molar-refractivity contribution in [2.24, 2.45) is 5.10 Å². The van der Waals surface area contributed by atoms with Crippen LogP contribution in [0.15, 0.2) is 76.4 Å². The van der Waals surface area contributed by atoms with Gasteiger partial charge in [-0.25, -0.2) is 13.8 Å². The molecule has 10 nitrogen and oxygen atoms in total. The van der Waals surface area contributed by atoms with Crippen molar-refractivity contribution in [2.45, 2.75) is 6.54 Å². The largest absolute Gasteiger partial charge is 0.484 e. The minimum absolute atomic E-state index is 0.158. The second kappa shape index (κ2) is 12.0. The summed E-state index contributed by atoms with van der Waals surface area (Å²) in [5.41, 5.74) is 3.26. The highest BCUT2D eigenvalue weighted by Crippen LogP contribution is 2.20. The summed E-state index contributed by atoms with van der Waals surface area (Å²) in [7, 11) is -3.70. The molecule has 0 aliphatic heterocycles. The third-order valence-corrected chi connectivity index (χ3v) is 5.89. The highest BCUT2D eigenvalue weighted by Gasteiger charge is 2.20. The van der Waals surface area contributed by atoms with Crippen LogP contribution in [0.3, 0.4) is 0 Å². The van der Waals surface area contributed by atoms with Crippen LogP contribution in [0.4, 0.5) is 5.69 Å². The molecule has 0 bridgehead atoms. The zero-order valence-electron chi connectivity index (χ0n) is 18.7. The van der Waals surface area contributed by atoms with Crippen LogP contribution in [0, 0.1) is 0 Å². The van der Waals surface area contributed by atoms with Crippen molar-refractivity contribution in [3.05, 3.63) is 83.3 Å². The third kappa shape index (κ3) is 8.47. The summed E-state index contributed by atoms with van der Waals surface area (Å²) >= 11 is 5.84. The highest BCUT2D eigenvalue weighted by molar-refractivity contribution is 7.92. The molecule has 3 rings (SSSR count). The number of ether oxygens (including phenoxy) is 1. The van der Waals surface area contributed by atoms with Gasteiger partial charge < -0.3 is 14.5 Å². The molecule has 0 unspecified atom stereocenters. The number of amides is 2. The Morgan fingerprint density at radius 1 is 1.09 bits per heavy atom. The summed E-state index contributed by atoms with van der Waals surface area (Å²) in [6.07, 6.45) is 3.93. The molecule has 1 heterocycles. The first kappa shape index (κ1) is 25.8. The molecule has 12 heteroatoms. The number of carbonyl (C=O) groups is 2. The zero-order chi connectivity index (χ0) is 25.3. The van der Waals surface area contributed by atoms with Gasteiger partial charge in [0.25, 0.3) is 11.8 Å². The zero-order valence-corrected chi connectivity index (χ0v) is 20.3. The lowest BCUT2D eigenvalue weighted by Crippen LogP contribution is -2.38. The molecule has 0 atom stereocenters. The number of hydrogen-bond donors (Lipinski definition) is 2. The Hall–Kier alpha value is -3.83. The molecule has 1 aromatic heterocycles. The minimum Gasteiger partial charge on any atom is -0.484 e. The molecule has 0 spiro atoms. The fraction of sp³-hybridized carbons (Fsp3) is 0.174. The lowest BCUT2D eigenvalue weighted by Gasteiger charge is -2.21. The van der Waals surface area contributed by atoms with Gasteiger partial charge in [-0.3, -0.25) is 13.9 Å². The Balaban J connectivity index is 1.46. The maximum Gasteiger partial charge on any atom is 0.260 e. The van der Waals surface area contributed by atoms with Crippen LogP contribution >= 0.6 is 11.6 Å². The number of hydrazone groups is 1. The molecule has 3 aromatic rings. The fourth-order valence-corrected chi connectivity index (χ4v) is 3.78. The number of carbonyl (C=O) groups excluding carboxylic acids is 2. The van der Waals surface area contributed by atoms with Gasteiger partial charge in [0.15, 0.2) is 6.61 Å². The van der Waals surface area contributed by atoms with Gasteiger partial charge in [0.1, 0.15) is 18.1 Å². The van der Waals surface area contributed by atoms with E-state index < -0.39 is 22.5 Å². The number of benzene rings is 2. The van der Waals surface area contributed by atoms with E-state index in [-0.39, 0.29) is 19.1 Å². The number of furan rings is 1. The summed E-state index contributed by atoms with van der Waals surface area (Å²) in [6, 6.07) is 16.2. The quantitative estimate of drug-likeness (QED) is 0.296. The smallest absolute Gasteiger partial charge is 0.260 e. The standard InChI is InChI=1S/C23H23ClN4O6S/c1-35(31,32)28(19-8-6-18(24)7-9-19)15-22(29)27-26-13-17-4-10-20(11-5-17)34-16-23(30)25-14-21-3-2-12-33-21/h2-13H,14-16H2,1H3,(H,25,30)(H,27,29)/b26-13-. The van der Waals surface area contributed by atoms with Crippen molar-refractivity contribution in [1.82, 2.24) is 10.7 Å². The Morgan fingerprint density at radius 2 is 1.80 bits per heavy atom. The topological polar surface area (TPSA) is 130 Å². The lowest BCUT2D eigenvalue weighted by atomic mass is 10.2. The van der Waals surface area contributed by atoms with E-state index in [2.05, 4.69) is 15.8 Å². The van der Waals surface area contributed by atoms with Crippen molar-refractivity contribution in [2.75, 3.05) is 23.7 Å². The van der Waals surface area contributed by atoms with Crippen LogP contribution in [0.1, 0.15) is 11.3 Å². The second-order valence-corrected chi connectivity index (χ2v) is 9.60. The van der Waals surface area contributed by atoms with Crippen molar-refractivity contribution >= 4 is 45.3 Å². The normalized spacial score (nSPS) is 11.3. The van der Waals surface area contributed by atoms with E-state index in [0.29, 0.717) is 27.8 Å². The van der Waals surface area contributed by atoms with Crippen LogP contribution in [-0.2, 0) is 26.2 Å². The number of anilines is 1. The number of hydrogen-bond acceptors (Lipinski definition) is 7. The first-order valence-electron chi connectivity index (χ1n) is 10.3. The van der Waals surface area contributed by atoms with Gasteiger partial charge in [0, 0.05) is 5.02 Å². The number of sulfonamides is 1. The van der Waals surface area contributed by atoms with E-state index >= 15 is 0 Å². The van der Waals surface area contributed by atoms with Crippen molar-refractivity contribution in [1.29, 1.82) is 0 Å². The summed E-state index contributed by atoms with van der Waals surface area (Å²) in [5.74, 6) is 0.202. The molecule has 0 aliphatic carbocycles. The highest BCUT2D eigenvalue weighted by atomic mass is 35.5. The first-order valence-corrected chi connectivity index (χ1v) is 12.5. The minimum atomic E-state index is -3.70. The van der Waals surface area contributed by atoms with E-state index in [0.717, 1.165) is 10.6 Å². The molecular formula is C23H23ClN4O6S. The van der Waals surface area contributed by atoms with E-state index in [9.17, 15) is 18.0 Å². The Bertz CT molecular complexity index is 1260.